The van der Waals surface area contributed by atoms with Crippen LogP contribution in [0.5, 0.6) is 11.5 Å². The van der Waals surface area contributed by atoms with Gasteiger partial charge in [0.1, 0.15) is 0 Å². The van der Waals surface area contributed by atoms with Crippen molar-refractivity contribution in [1.29, 1.82) is 0 Å². The molecule has 0 unspecified atom stereocenters. The molecule has 3 amide bonds. The van der Waals surface area contributed by atoms with E-state index in [0.717, 1.165) is 38.0 Å². The second-order valence-corrected chi connectivity index (χ2v) is 7.90. The normalized spacial score (nSPS) is 13.2. The van der Waals surface area contributed by atoms with Crippen LogP contribution >= 0.6 is 0 Å². The molecule has 0 bridgehead atoms. The molecule has 1 saturated heterocycles. The Hall–Kier alpha value is -3.55. The van der Waals surface area contributed by atoms with E-state index in [1.54, 1.807) is 49.5 Å². The monoisotopic (exact) mass is 453 g/mol. The summed E-state index contributed by atoms with van der Waals surface area (Å²) in [6.45, 7) is 5.20. The first-order valence-electron chi connectivity index (χ1n) is 11.2. The molecule has 8 nitrogen and oxygen atoms in total. The van der Waals surface area contributed by atoms with E-state index in [9.17, 15) is 14.4 Å². The van der Waals surface area contributed by atoms with Crippen LogP contribution < -0.4 is 19.7 Å². The molecule has 1 N–H and O–H groups in total. The summed E-state index contributed by atoms with van der Waals surface area (Å²) in [6, 6.07) is 11.9. The molecule has 176 valence electrons. The minimum absolute atomic E-state index is 0.0437. The number of hydrogen-bond donors (Lipinski definition) is 1. The number of nitrogens with zero attached hydrogens (tertiary/aromatic N) is 2. The SMILES string of the molecule is CCOc1cc(C(=O)Nc2ccc(N(C)C(C)=O)cc2)ccc1OCC(=O)N1CCCCC1. The summed E-state index contributed by atoms with van der Waals surface area (Å²) in [5.74, 6) is 0.415. The molecule has 0 aromatic heterocycles. The number of hydrogen-bond acceptors (Lipinski definition) is 5. The van der Waals surface area contributed by atoms with Crippen LogP contribution in [0.1, 0.15) is 43.5 Å². The first kappa shape index (κ1) is 24.1. The molecule has 0 saturated carbocycles. The molecular formula is C25H31N3O5. The average Bonchev–Trinajstić information content (AvgIpc) is 2.83. The van der Waals surface area contributed by atoms with Gasteiger partial charge in [-0.25, -0.2) is 0 Å². The van der Waals surface area contributed by atoms with Crippen LogP contribution in [0.3, 0.4) is 0 Å². The summed E-state index contributed by atoms with van der Waals surface area (Å²) < 4.78 is 11.4. The molecule has 1 heterocycles. The molecule has 2 aromatic rings. The Morgan fingerprint density at radius 2 is 1.67 bits per heavy atom. The van der Waals surface area contributed by atoms with Crippen molar-refractivity contribution in [2.75, 3.05) is 43.6 Å². The third-order valence-electron chi connectivity index (χ3n) is 5.55. The highest BCUT2D eigenvalue weighted by atomic mass is 16.5. The Morgan fingerprint density at radius 1 is 0.970 bits per heavy atom. The predicted octanol–water partition coefficient (Wildman–Crippen LogP) is 3.71. The summed E-state index contributed by atoms with van der Waals surface area (Å²) in [6.07, 6.45) is 3.20. The molecule has 33 heavy (non-hydrogen) atoms. The van der Waals surface area contributed by atoms with Gasteiger partial charge in [0.2, 0.25) is 5.91 Å². The van der Waals surface area contributed by atoms with Gasteiger partial charge in [0, 0.05) is 44.0 Å². The standard InChI is InChI=1S/C25H31N3O5/c1-4-32-23-16-19(8-13-22(23)33-17-24(30)28-14-6-5-7-15-28)25(31)26-20-9-11-21(12-10-20)27(3)18(2)29/h8-13,16H,4-7,14-15,17H2,1-3H3,(H,26,31). The van der Waals surface area contributed by atoms with Crippen LogP contribution in [0.2, 0.25) is 0 Å². The van der Waals surface area contributed by atoms with Crippen LogP contribution in [0.15, 0.2) is 42.5 Å². The van der Waals surface area contributed by atoms with Crippen molar-refractivity contribution in [3.63, 3.8) is 0 Å². The van der Waals surface area contributed by atoms with Crippen molar-refractivity contribution in [3.8, 4) is 11.5 Å². The second-order valence-electron chi connectivity index (χ2n) is 7.90. The van der Waals surface area contributed by atoms with Gasteiger partial charge in [-0.1, -0.05) is 0 Å². The summed E-state index contributed by atoms with van der Waals surface area (Å²) in [7, 11) is 1.69. The van der Waals surface area contributed by atoms with Crippen molar-refractivity contribution in [2.45, 2.75) is 33.1 Å². The van der Waals surface area contributed by atoms with E-state index in [1.165, 1.54) is 11.8 Å². The molecule has 0 spiro atoms. The molecule has 8 heteroatoms. The Balaban J connectivity index is 1.65. The van der Waals surface area contributed by atoms with Gasteiger partial charge in [0.15, 0.2) is 18.1 Å². The molecule has 2 aromatic carbocycles. The minimum atomic E-state index is -0.306. The van der Waals surface area contributed by atoms with Crippen molar-refractivity contribution in [1.82, 2.24) is 4.90 Å². The highest BCUT2D eigenvalue weighted by Crippen LogP contribution is 2.29. The highest BCUT2D eigenvalue weighted by Gasteiger charge is 2.18. The fourth-order valence-corrected chi connectivity index (χ4v) is 3.56. The topological polar surface area (TPSA) is 88.2 Å². The smallest absolute Gasteiger partial charge is 0.260 e. The van der Waals surface area contributed by atoms with E-state index in [0.29, 0.717) is 29.4 Å². The predicted molar refractivity (Wildman–Crippen MR) is 127 cm³/mol. The maximum atomic E-state index is 12.7. The number of piperidine rings is 1. The number of carbonyl (C=O) groups excluding carboxylic acids is 3. The lowest BCUT2D eigenvalue weighted by molar-refractivity contribution is -0.134. The third-order valence-corrected chi connectivity index (χ3v) is 5.55. The molecule has 0 aliphatic carbocycles. The number of amides is 3. The Morgan fingerprint density at radius 3 is 2.30 bits per heavy atom. The van der Waals surface area contributed by atoms with Crippen molar-refractivity contribution in [3.05, 3.63) is 48.0 Å². The summed E-state index contributed by atoms with van der Waals surface area (Å²) in [5.41, 5.74) is 1.74. The van der Waals surface area contributed by atoms with Gasteiger partial charge in [0.05, 0.1) is 6.61 Å². The number of rotatable bonds is 8. The van der Waals surface area contributed by atoms with Crippen LogP contribution in [0.25, 0.3) is 0 Å². The van der Waals surface area contributed by atoms with Gasteiger partial charge in [-0.05, 0) is 68.7 Å². The number of anilines is 2. The quantitative estimate of drug-likeness (QED) is 0.658. The highest BCUT2D eigenvalue weighted by molar-refractivity contribution is 6.04. The molecule has 1 aliphatic rings. The third kappa shape index (κ3) is 6.47. The first-order valence-corrected chi connectivity index (χ1v) is 11.2. The zero-order valence-electron chi connectivity index (χ0n) is 19.4. The maximum Gasteiger partial charge on any atom is 0.260 e. The lowest BCUT2D eigenvalue weighted by atomic mass is 10.1. The van der Waals surface area contributed by atoms with Crippen LogP contribution in [-0.4, -0.2) is 56.0 Å². The van der Waals surface area contributed by atoms with E-state index in [2.05, 4.69) is 5.32 Å². The minimum Gasteiger partial charge on any atom is -0.490 e. The molecule has 3 rings (SSSR count). The summed E-state index contributed by atoms with van der Waals surface area (Å²) in [4.78, 5) is 40.0. The fraction of sp³-hybridized carbons (Fsp3) is 0.400. The van der Waals surface area contributed by atoms with Gasteiger partial charge in [-0.2, -0.15) is 0 Å². The first-order chi connectivity index (χ1) is 15.9. The zero-order chi connectivity index (χ0) is 23.8. The van der Waals surface area contributed by atoms with Gasteiger partial charge in [0.25, 0.3) is 11.8 Å². The van der Waals surface area contributed by atoms with Gasteiger partial charge < -0.3 is 24.6 Å². The van der Waals surface area contributed by atoms with E-state index < -0.39 is 0 Å². The number of nitrogens with one attached hydrogen (secondary N) is 1. The lowest BCUT2D eigenvalue weighted by Crippen LogP contribution is -2.38. The van der Waals surface area contributed by atoms with Gasteiger partial charge in [-0.15, -0.1) is 0 Å². The van der Waals surface area contributed by atoms with E-state index >= 15 is 0 Å². The second kappa shape index (κ2) is 11.4. The molecule has 0 radical (unpaired) electrons. The van der Waals surface area contributed by atoms with Crippen molar-refractivity contribution < 1.29 is 23.9 Å². The summed E-state index contributed by atoms with van der Waals surface area (Å²) >= 11 is 0. The number of benzene rings is 2. The average molecular weight is 454 g/mol. The molecular weight excluding hydrogens is 422 g/mol. The zero-order valence-corrected chi connectivity index (χ0v) is 19.4. The van der Waals surface area contributed by atoms with Crippen LogP contribution in [-0.2, 0) is 9.59 Å². The van der Waals surface area contributed by atoms with Crippen molar-refractivity contribution >= 4 is 29.1 Å². The fourth-order valence-electron chi connectivity index (χ4n) is 3.56. The maximum absolute atomic E-state index is 12.7. The summed E-state index contributed by atoms with van der Waals surface area (Å²) in [5, 5.41) is 2.84. The van der Waals surface area contributed by atoms with E-state index in [4.69, 9.17) is 9.47 Å². The molecule has 1 aliphatic heterocycles. The number of likely N-dealkylation sites (tertiary alicyclic amines) is 1. The Kier molecular flexibility index (Phi) is 8.29. The van der Waals surface area contributed by atoms with Gasteiger partial charge in [-0.3, -0.25) is 14.4 Å². The molecule has 0 atom stereocenters. The Bertz CT molecular complexity index is 984. The van der Waals surface area contributed by atoms with Crippen molar-refractivity contribution in [2.24, 2.45) is 0 Å². The number of ether oxygens (including phenoxy) is 2. The largest absolute Gasteiger partial charge is 0.490 e. The number of carbonyl (C=O) groups is 3. The van der Waals surface area contributed by atoms with E-state index in [-0.39, 0.29) is 24.3 Å². The van der Waals surface area contributed by atoms with Gasteiger partial charge >= 0.3 is 0 Å². The molecule has 1 fully saturated rings. The lowest BCUT2D eigenvalue weighted by Gasteiger charge is -2.26. The van der Waals surface area contributed by atoms with E-state index in [1.807, 2.05) is 11.8 Å². The van der Waals surface area contributed by atoms with Crippen LogP contribution in [0, 0.1) is 0 Å². The van der Waals surface area contributed by atoms with Crippen LogP contribution in [0.4, 0.5) is 11.4 Å². The Labute approximate surface area is 194 Å².